The van der Waals surface area contributed by atoms with Gasteiger partial charge in [-0.25, -0.2) is 4.39 Å². The quantitative estimate of drug-likeness (QED) is 0.730. The van der Waals surface area contributed by atoms with Crippen LogP contribution in [0.5, 0.6) is 0 Å². The first-order valence-electron chi connectivity index (χ1n) is 8.63. The molecule has 0 radical (unpaired) electrons. The second-order valence-electron chi connectivity index (χ2n) is 6.35. The summed E-state index contributed by atoms with van der Waals surface area (Å²) in [5, 5.41) is 3.09. The highest BCUT2D eigenvalue weighted by Crippen LogP contribution is 2.36. The van der Waals surface area contributed by atoms with Crippen LogP contribution in [-0.4, -0.2) is 16.2 Å². The van der Waals surface area contributed by atoms with Gasteiger partial charge in [-0.1, -0.05) is 30.3 Å². The van der Waals surface area contributed by atoms with Crippen molar-refractivity contribution in [2.75, 3.05) is 5.75 Å². The number of amides is 1. The van der Waals surface area contributed by atoms with Crippen LogP contribution in [0.3, 0.4) is 0 Å². The van der Waals surface area contributed by atoms with Crippen molar-refractivity contribution >= 4 is 17.7 Å². The summed E-state index contributed by atoms with van der Waals surface area (Å²) in [6, 6.07) is 18.4. The summed E-state index contributed by atoms with van der Waals surface area (Å²) in [4.78, 5) is 13.9. The molecule has 0 spiro atoms. The number of aromatic nitrogens is 1. The van der Waals surface area contributed by atoms with E-state index >= 15 is 0 Å². The van der Waals surface area contributed by atoms with Crippen molar-refractivity contribution in [3.05, 3.63) is 89.5 Å². The molecule has 0 fully saturated rings. The molecule has 132 valence electrons. The van der Waals surface area contributed by atoms with Crippen molar-refractivity contribution in [1.82, 2.24) is 9.88 Å². The Labute approximate surface area is 156 Å². The van der Waals surface area contributed by atoms with Crippen molar-refractivity contribution < 1.29 is 9.18 Å². The fourth-order valence-electron chi connectivity index (χ4n) is 3.29. The van der Waals surface area contributed by atoms with Crippen LogP contribution >= 0.6 is 11.8 Å². The first-order valence-corrected chi connectivity index (χ1v) is 9.61. The van der Waals surface area contributed by atoms with Gasteiger partial charge in [0.15, 0.2) is 0 Å². The molecule has 1 atom stereocenters. The molecule has 0 unspecified atom stereocenters. The molecule has 1 aliphatic heterocycles. The van der Waals surface area contributed by atoms with Crippen LogP contribution in [0.4, 0.5) is 4.39 Å². The third kappa shape index (κ3) is 3.53. The SMILES string of the molecule is O=C(N[C@H]1CCSc2ccc(F)cc21)c1cccn1Cc1ccccc1. The van der Waals surface area contributed by atoms with Crippen molar-refractivity contribution in [1.29, 1.82) is 0 Å². The third-order valence-corrected chi connectivity index (χ3v) is 5.70. The van der Waals surface area contributed by atoms with Gasteiger partial charge in [0, 0.05) is 23.4 Å². The van der Waals surface area contributed by atoms with E-state index in [9.17, 15) is 9.18 Å². The minimum Gasteiger partial charge on any atom is -0.344 e. The van der Waals surface area contributed by atoms with Crippen LogP contribution < -0.4 is 5.32 Å². The number of hydrogen-bond donors (Lipinski definition) is 1. The summed E-state index contributed by atoms with van der Waals surface area (Å²) in [5.74, 6) is 0.519. The molecule has 2 aromatic carbocycles. The largest absolute Gasteiger partial charge is 0.344 e. The van der Waals surface area contributed by atoms with Crippen molar-refractivity contribution in [3.8, 4) is 0 Å². The minimum absolute atomic E-state index is 0.127. The highest BCUT2D eigenvalue weighted by Gasteiger charge is 2.24. The number of carbonyl (C=O) groups excluding carboxylic acids is 1. The molecule has 3 aromatic rings. The molecule has 0 aliphatic carbocycles. The smallest absolute Gasteiger partial charge is 0.268 e. The Morgan fingerprint density at radius 3 is 2.85 bits per heavy atom. The number of nitrogens with one attached hydrogen (secondary N) is 1. The Hall–Kier alpha value is -2.53. The number of halogens is 1. The molecule has 1 amide bonds. The summed E-state index contributed by atoms with van der Waals surface area (Å²) >= 11 is 1.71. The van der Waals surface area contributed by atoms with Crippen molar-refractivity contribution in [3.63, 3.8) is 0 Å². The lowest BCUT2D eigenvalue weighted by molar-refractivity contribution is 0.0926. The fraction of sp³-hybridized carbons (Fsp3) is 0.190. The first-order chi connectivity index (χ1) is 12.7. The van der Waals surface area contributed by atoms with E-state index in [-0.39, 0.29) is 17.8 Å². The van der Waals surface area contributed by atoms with Gasteiger partial charge in [-0.05, 0) is 47.9 Å². The molecular weight excluding hydrogens is 347 g/mol. The lowest BCUT2D eigenvalue weighted by Crippen LogP contribution is -2.32. The molecule has 1 N–H and O–H groups in total. The van der Waals surface area contributed by atoms with E-state index in [0.29, 0.717) is 12.2 Å². The summed E-state index contributed by atoms with van der Waals surface area (Å²) in [7, 11) is 0. The van der Waals surface area contributed by atoms with Gasteiger partial charge in [0.2, 0.25) is 0 Å². The molecule has 1 aliphatic rings. The number of hydrogen-bond acceptors (Lipinski definition) is 2. The molecule has 0 saturated carbocycles. The minimum atomic E-state index is -0.266. The number of carbonyl (C=O) groups is 1. The zero-order valence-corrected chi connectivity index (χ0v) is 15.0. The van der Waals surface area contributed by atoms with Gasteiger partial charge in [-0.15, -0.1) is 11.8 Å². The molecule has 2 heterocycles. The standard InChI is InChI=1S/C21H19FN2OS/c22-16-8-9-20-17(13-16)18(10-12-26-20)23-21(25)19-7-4-11-24(19)14-15-5-2-1-3-6-15/h1-9,11,13,18H,10,12,14H2,(H,23,25)/t18-/m0/s1. The van der Waals surface area contributed by atoms with E-state index in [1.54, 1.807) is 17.8 Å². The monoisotopic (exact) mass is 366 g/mol. The Kier molecular flexibility index (Phi) is 4.80. The number of benzene rings is 2. The van der Waals surface area contributed by atoms with Gasteiger partial charge in [-0.3, -0.25) is 4.79 Å². The third-order valence-electron chi connectivity index (χ3n) is 4.57. The van der Waals surface area contributed by atoms with Gasteiger partial charge in [0.1, 0.15) is 11.5 Å². The number of thioether (sulfide) groups is 1. The molecule has 0 saturated heterocycles. The van der Waals surface area contributed by atoms with E-state index in [4.69, 9.17) is 0 Å². The predicted molar refractivity (Wildman–Crippen MR) is 102 cm³/mol. The fourth-order valence-corrected chi connectivity index (χ4v) is 4.39. The Balaban J connectivity index is 1.54. The van der Waals surface area contributed by atoms with E-state index in [1.165, 1.54) is 12.1 Å². The van der Waals surface area contributed by atoms with Crippen LogP contribution in [0.15, 0.2) is 71.8 Å². The zero-order chi connectivity index (χ0) is 17.9. The Morgan fingerprint density at radius 2 is 2.00 bits per heavy atom. The van der Waals surface area contributed by atoms with Gasteiger partial charge in [0.05, 0.1) is 6.04 Å². The Morgan fingerprint density at radius 1 is 1.15 bits per heavy atom. The average Bonchev–Trinajstić information content (AvgIpc) is 3.11. The zero-order valence-electron chi connectivity index (χ0n) is 14.2. The van der Waals surface area contributed by atoms with Crippen LogP contribution in [0, 0.1) is 5.82 Å². The van der Waals surface area contributed by atoms with Crippen LogP contribution in [-0.2, 0) is 6.54 Å². The van der Waals surface area contributed by atoms with Crippen LogP contribution in [0.1, 0.15) is 34.1 Å². The molecule has 3 nitrogen and oxygen atoms in total. The highest BCUT2D eigenvalue weighted by atomic mass is 32.2. The lowest BCUT2D eigenvalue weighted by atomic mass is 10.0. The molecule has 5 heteroatoms. The number of nitrogens with zero attached hydrogens (tertiary/aromatic N) is 1. The maximum atomic E-state index is 13.7. The maximum Gasteiger partial charge on any atom is 0.268 e. The van der Waals surface area contributed by atoms with E-state index in [1.807, 2.05) is 53.2 Å². The van der Waals surface area contributed by atoms with E-state index < -0.39 is 0 Å². The molecule has 4 rings (SSSR count). The second-order valence-corrected chi connectivity index (χ2v) is 7.49. The number of rotatable bonds is 4. The van der Waals surface area contributed by atoms with Gasteiger partial charge in [0.25, 0.3) is 5.91 Å². The summed E-state index contributed by atoms with van der Waals surface area (Å²) < 4.78 is 15.6. The summed E-state index contributed by atoms with van der Waals surface area (Å²) in [6.07, 6.45) is 2.71. The first kappa shape index (κ1) is 16.9. The topological polar surface area (TPSA) is 34.0 Å². The second kappa shape index (κ2) is 7.38. The van der Waals surface area contributed by atoms with Gasteiger partial charge in [-0.2, -0.15) is 0 Å². The van der Waals surface area contributed by atoms with Gasteiger partial charge >= 0.3 is 0 Å². The van der Waals surface area contributed by atoms with E-state index in [0.717, 1.165) is 28.2 Å². The van der Waals surface area contributed by atoms with Crippen LogP contribution in [0.25, 0.3) is 0 Å². The summed E-state index contributed by atoms with van der Waals surface area (Å²) in [6.45, 7) is 0.641. The highest BCUT2D eigenvalue weighted by molar-refractivity contribution is 7.99. The van der Waals surface area contributed by atoms with E-state index in [2.05, 4.69) is 5.32 Å². The van der Waals surface area contributed by atoms with Crippen LogP contribution in [0.2, 0.25) is 0 Å². The molecular formula is C21H19FN2OS. The van der Waals surface area contributed by atoms with Crippen molar-refractivity contribution in [2.45, 2.75) is 23.9 Å². The lowest BCUT2D eigenvalue weighted by Gasteiger charge is -2.26. The van der Waals surface area contributed by atoms with Gasteiger partial charge < -0.3 is 9.88 Å². The Bertz CT molecular complexity index is 923. The normalized spacial score (nSPS) is 16.1. The molecule has 1 aromatic heterocycles. The van der Waals surface area contributed by atoms with Crippen molar-refractivity contribution in [2.24, 2.45) is 0 Å². The predicted octanol–water partition coefficient (Wildman–Crippen LogP) is 4.64. The molecule has 26 heavy (non-hydrogen) atoms. The average molecular weight is 366 g/mol. The molecule has 0 bridgehead atoms. The summed E-state index contributed by atoms with van der Waals surface area (Å²) in [5.41, 5.74) is 2.63. The number of fused-ring (bicyclic) bond motifs is 1. The maximum absolute atomic E-state index is 13.7.